The summed E-state index contributed by atoms with van der Waals surface area (Å²) in [6.45, 7) is 4.90. The molecule has 1 fully saturated rings. The second-order valence-corrected chi connectivity index (χ2v) is 5.66. The van der Waals surface area contributed by atoms with Gasteiger partial charge in [-0.2, -0.15) is 0 Å². The number of carboxylic acids is 1. The van der Waals surface area contributed by atoms with Gasteiger partial charge in [-0.1, -0.05) is 0 Å². The molecule has 0 radical (unpaired) electrons. The molecule has 1 aliphatic heterocycles. The van der Waals surface area contributed by atoms with Gasteiger partial charge in [0.1, 0.15) is 0 Å². The Labute approximate surface area is 114 Å². The monoisotopic (exact) mass is 313 g/mol. The molecule has 1 aromatic rings. The van der Waals surface area contributed by atoms with Gasteiger partial charge in [0.15, 0.2) is 0 Å². The van der Waals surface area contributed by atoms with Crippen LogP contribution in [-0.2, 0) is 4.74 Å². The first-order valence-corrected chi connectivity index (χ1v) is 6.64. The molecule has 1 aliphatic rings. The zero-order chi connectivity index (χ0) is 13.3. The van der Waals surface area contributed by atoms with Crippen molar-refractivity contribution in [3.05, 3.63) is 28.2 Å². The molecule has 1 aromatic carbocycles. The Hall–Kier alpha value is -1.07. The van der Waals surface area contributed by atoms with Crippen LogP contribution in [0.15, 0.2) is 22.7 Å². The number of ether oxygens (including phenoxy) is 1. The summed E-state index contributed by atoms with van der Waals surface area (Å²) in [4.78, 5) is 10.9. The minimum absolute atomic E-state index is 0.118. The minimum Gasteiger partial charge on any atom is -0.478 e. The zero-order valence-electron chi connectivity index (χ0n) is 10.4. The smallest absolute Gasteiger partial charge is 0.335 e. The summed E-state index contributed by atoms with van der Waals surface area (Å²) in [6.07, 6.45) is 1.06. The number of nitrogens with one attached hydrogen (secondary N) is 1. The molecule has 0 bridgehead atoms. The summed E-state index contributed by atoms with van der Waals surface area (Å²) in [5, 5.41) is 12.4. The van der Waals surface area contributed by atoms with Crippen LogP contribution in [0.25, 0.3) is 0 Å². The average molecular weight is 314 g/mol. The zero-order valence-corrected chi connectivity index (χ0v) is 12.0. The van der Waals surface area contributed by atoms with Crippen LogP contribution in [0.5, 0.6) is 0 Å². The van der Waals surface area contributed by atoms with Crippen molar-refractivity contribution in [2.24, 2.45) is 0 Å². The summed E-state index contributed by atoms with van der Waals surface area (Å²) in [5.41, 5.74) is 1.04. The van der Waals surface area contributed by atoms with E-state index in [9.17, 15) is 4.79 Å². The number of carboxylic acid groups (broad SMARTS) is 1. The van der Waals surface area contributed by atoms with E-state index in [0.29, 0.717) is 0 Å². The topological polar surface area (TPSA) is 58.6 Å². The third kappa shape index (κ3) is 2.52. The van der Waals surface area contributed by atoms with Crippen LogP contribution in [0.4, 0.5) is 5.69 Å². The van der Waals surface area contributed by atoms with Gasteiger partial charge in [0.25, 0.3) is 0 Å². The lowest BCUT2D eigenvalue weighted by Crippen LogP contribution is -2.41. The van der Waals surface area contributed by atoms with Gasteiger partial charge in [0, 0.05) is 16.8 Å². The van der Waals surface area contributed by atoms with E-state index in [1.54, 1.807) is 18.2 Å². The van der Waals surface area contributed by atoms with Gasteiger partial charge in [0.05, 0.1) is 17.2 Å². The maximum absolute atomic E-state index is 10.9. The second kappa shape index (κ2) is 4.90. The lowest BCUT2D eigenvalue weighted by atomic mass is 9.94. The Kier molecular flexibility index (Phi) is 3.64. The number of aromatic carboxylic acids is 1. The SMILES string of the molecule is CC1OCCC1(C)Nc1ccc(C(=O)O)cc1Br. The average Bonchev–Trinajstić information content (AvgIpc) is 2.62. The van der Waals surface area contributed by atoms with Crippen molar-refractivity contribution in [3.63, 3.8) is 0 Å². The molecular formula is C13H16BrNO3. The Morgan fingerprint density at radius 2 is 2.33 bits per heavy atom. The quantitative estimate of drug-likeness (QED) is 0.900. The van der Waals surface area contributed by atoms with E-state index < -0.39 is 5.97 Å². The van der Waals surface area contributed by atoms with E-state index in [0.717, 1.165) is 23.2 Å². The van der Waals surface area contributed by atoms with Crippen LogP contribution >= 0.6 is 15.9 Å². The van der Waals surface area contributed by atoms with Gasteiger partial charge < -0.3 is 15.2 Å². The normalized spacial score (nSPS) is 27.2. The summed E-state index contributed by atoms with van der Waals surface area (Å²) in [5.74, 6) is -0.925. The minimum atomic E-state index is -0.925. The van der Waals surface area contributed by atoms with Crippen LogP contribution in [0, 0.1) is 0 Å². The van der Waals surface area contributed by atoms with Crippen LogP contribution in [0.3, 0.4) is 0 Å². The number of anilines is 1. The van der Waals surface area contributed by atoms with Crippen molar-refractivity contribution < 1.29 is 14.6 Å². The predicted octanol–water partition coefficient (Wildman–Crippen LogP) is 3.13. The summed E-state index contributed by atoms with van der Waals surface area (Å²) >= 11 is 3.40. The molecule has 2 rings (SSSR count). The van der Waals surface area contributed by atoms with Gasteiger partial charge in [-0.05, 0) is 54.4 Å². The molecule has 0 saturated carbocycles. The fourth-order valence-electron chi connectivity index (χ4n) is 2.06. The molecule has 0 amide bonds. The van der Waals surface area contributed by atoms with Crippen LogP contribution in [-0.4, -0.2) is 29.3 Å². The van der Waals surface area contributed by atoms with E-state index in [-0.39, 0.29) is 17.2 Å². The summed E-state index contributed by atoms with van der Waals surface area (Å²) in [7, 11) is 0. The lowest BCUT2D eigenvalue weighted by Gasteiger charge is -2.30. The lowest BCUT2D eigenvalue weighted by molar-refractivity contribution is 0.0697. The molecule has 1 saturated heterocycles. The first-order chi connectivity index (χ1) is 8.42. The molecule has 0 spiro atoms. The number of benzene rings is 1. The molecule has 98 valence electrons. The van der Waals surface area contributed by atoms with E-state index >= 15 is 0 Å². The van der Waals surface area contributed by atoms with Crippen LogP contribution in [0.2, 0.25) is 0 Å². The fourth-order valence-corrected chi connectivity index (χ4v) is 2.53. The molecule has 18 heavy (non-hydrogen) atoms. The van der Waals surface area contributed by atoms with Gasteiger partial charge in [0.2, 0.25) is 0 Å². The standard InChI is InChI=1S/C13H16BrNO3/c1-8-13(2,5-6-18-8)15-11-4-3-9(12(16)17)7-10(11)14/h3-4,7-8,15H,5-6H2,1-2H3,(H,16,17). The largest absolute Gasteiger partial charge is 0.478 e. The maximum atomic E-state index is 10.9. The predicted molar refractivity (Wildman–Crippen MR) is 73.2 cm³/mol. The van der Waals surface area contributed by atoms with E-state index in [1.807, 2.05) is 6.92 Å². The number of hydrogen-bond acceptors (Lipinski definition) is 3. The molecule has 4 nitrogen and oxygen atoms in total. The highest BCUT2D eigenvalue weighted by molar-refractivity contribution is 9.10. The highest BCUT2D eigenvalue weighted by Gasteiger charge is 2.37. The number of hydrogen-bond donors (Lipinski definition) is 2. The first-order valence-electron chi connectivity index (χ1n) is 5.85. The van der Waals surface area contributed by atoms with E-state index in [1.165, 1.54) is 0 Å². The summed E-state index contributed by atoms with van der Waals surface area (Å²) < 4.78 is 6.32. The van der Waals surface area contributed by atoms with Crippen molar-refractivity contribution in [1.29, 1.82) is 0 Å². The number of rotatable bonds is 3. The molecule has 2 unspecified atom stereocenters. The highest BCUT2D eigenvalue weighted by Crippen LogP contribution is 2.33. The third-order valence-electron chi connectivity index (χ3n) is 3.52. The fraction of sp³-hybridized carbons (Fsp3) is 0.462. The van der Waals surface area contributed by atoms with Gasteiger partial charge in [-0.15, -0.1) is 0 Å². The Balaban J connectivity index is 2.22. The van der Waals surface area contributed by atoms with Gasteiger partial charge in [-0.25, -0.2) is 4.79 Å². The Bertz CT molecular complexity index is 477. The Morgan fingerprint density at radius 1 is 1.61 bits per heavy atom. The van der Waals surface area contributed by atoms with E-state index in [2.05, 4.69) is 28.2 Å². The molecule has 0 aliphatic carbocycles. The van der Waals surface area contributed by atoms with Crippen molar-refractivity contribution in [3.8, 4) is 0 Å². The Morgan fingerprint density at radius 3 is 2.83 bits per heavy atom. The molecule has 5 heteroatoms. The number of halogens is 1. The van der Waals surface area contributed by atoms with Crippen molar-refractivity contribution in [1.82, 2.24) is 0 Å². The van der Waals surface area contributed by atoms with Crippen molar-refractivity contribution in [2.75, 3.05) is 11.9 Å². The second-order valence-electron chi connectivity index (χ2n) is 4.81. The van der Waals surface area contributed by atoms with Gasteiger partial charge in [-0.3, -0.25) is 0 Å². The number of carbonyl (C=O) groups is 1. The molecule has 2 N–H and O–H groups in total. The van der Waals surface area contributed by atoms with Crippen molar-refractivity contribution in [2.45, 2.75) is 31.9 Å². The first kappa shape index (κ1) is 13.4. The molecule has 2 atom stereocenters. The highest BCUT2D eigenvalue weighted by atomic mass is 79.9. The van der Waals surface area contributed by atoms with Gasteiger partial charge >= 0.3 is 5.97 Å². The van der Waals surface area contributed by atoms with Crippen LogP contribution in [0.1, 0.15) is 30.6 Å². The van der Waals surface area contributed by atoms with Crippen LogP contribution < -0.4 is 5.32 Å². The maximum Gasteiger partial charge on any atom is 0.335 e. The summed E-state index contributed by atoms with van der Waals surface area (Å²) in [6, 6.07) is 4.98. The van der Waals surface area contributed by atoms with Crippen molar-refractivity contribution >= 4 is 27.6 Å². The third-order valence-corrected chi connectivity index (χ3v) is 4.18. The molecule has 1 heterocycles. The van der Waals surface area contributed by atoms with E-state index in [4.69, 9.17) is 9.84 Å². The molecular weight excluding hydrogens is 298 g/mol. The molecule has 0 aromatic heterocycles.